The van der Waals surface area contributed by atoms with Crippen LogP contribution in [0.2, 0.25) is 0 Å². The van der Waals surface area contributed by atoms with Crippen LogP contribution in [0.25, 0.3) is 11.1 Å². The van der Waals surface area contributed by atoms with Gasteiger partial charge in [-0.05, 0) is 30.2 Å². The number of hydrogen-bond donors (Lipinski definition) is 1. The minimum absolute atomic E-state index is 0.180. The number of carboxylic acids is 1. The van der Waals surface area contributed by atoms with Crippen LogP contribution in [0.1, 0.15) is 5.56 Å². The van der Waals surface area contributed by atoms with E-state index in [2.05, 4.69) is 5.10 Å². The van der Waals surface area contributed by atoms with Crippen molar-refractivity contribution in [1.82, 2.24) is 9.78 Å². The molecular formula is C12H11FN2O2. The van der Waals surface area contributed by atoms with E-state index >= 15 is 0 Å². The number of halogens is 1. The molecule has 0 unspecified atom stereocenters. The molecule has 2 rings (SSSR count). The summed E-state index contributed by atoms with van der Waals surface area (Å²) in [7, 11) is 0. The van der Waals surface area contributed by atoms with E-state index in [1.54, 1.807) is 25.4 Å². The van der Waals surface area contributed by atoms with Crippen molar-refractivity contribution in [2.24, 2.45) is 0 Å². The average Bonchev–Trinajstić information content (AvgIpc) is 2.65. The van der Waals surface area contributed by atoms with E-state index in [0.29, 0.717) is 0 Å². The molecule has 1 N–H and O–H groups in total. The van der Waals surface area contributed by atoms with Gasteiger partial charge < -0.3 is 5.11 Å². The zero-order valence-electron chi connectivity index (χ0n) is 9.22. The van der Waals surface area contributed by atoms with Crippen molar-refractivity contribution in [3.05, 3.63) is 42.0 Å². The predicted octanol–water partition coefficient (Wildman–Crippen LogP) is 2.08. The normalized spacial score (nSPS) is 10.5. The Balaban J connectivity index is 2.33. The molecular weight excluding hydrogens is 223 g/mol. The molecule has 1 heterocycles. The van der Waals surface area contributed by atoms with Crippen LogP contribution in [0.15, 0.2) is 30.6 Å². The molecule has 0 fully saturated rings. The highest BCUT2D eigenvalue weighted by molar-refractivity contribution is 5.68. The first-order valence-electron chi connectivity index (χ1n) is 5.07. The fraction of sp³-hybridized carbons (Fsp3) is 0.167. The Morgan fingerprint density at radius 3 is 2.94 bits per heavy atom. The van der Waals surface area contributed by atoms with Crippen LogP contribution in [-0.2, 0) is 11.3 Å². The first-order chi connectivity index (χ1) is 8.06. The summed E-state index contributed by atoms with van der Waals surface area (Å²) in [6, 6.07) is 4.47. The fourth-order valence-corrected chi connectivity index (χ4v) is 1.68. The molecule has 0 saturated heterocycles. The summed E-state index contributed by atoms with van der Waals surface area (Å²) < 4.78 is 14.3. The van der Waals surface area contributed by atoms with Gasteiger partial charge in [-0.2, -0.15) is 5.10 Å². The summed E-state index contributed by atoms with van der Waals surface area (Å²) in [6.45, 7) is 1.62. The molecule has 0 spiro atoms. The zero-order valence-corrected chi connectivity index (χ0v) is 9.22. The third-order valence-corrected chi connectivity index (χ3v) is 2.43. The van der Waals surface area contributed by atoms with Gasteiger partial charge in [0.05, 0.1) is 6.20 Å². The SMILES string of the molecule is Cc1cc(F)ccc1-c1cnn(CC(=O)O)c1. The standard InChI is InChI=1S/C12H11FN2O2/c1-8-4-10(13)2-3-11(8)9-5-14-15(6-9)7-12(16)17/h2-6H,7H2,1H3,(H,16,17). The second-order valence-corrected chi connectivity index (χ2v) is 3.78. The maximum Gasteiger partial charge on any atom is 0.325 e. The third-order valence-electron chi connectivity index (χ3n) is 2.43. The first kappa shape index (κ1) is 11.3. The van der Waals surface area contributed by atoms with Crippen LogP contribution in [0.3, 0.4) is 0 Å². The lowest BCUT2D eigenvalue weighted by atomic mass is 10.0. The zero-order chi connectivity index (χ0) is 12.4. The molecule has 0 radical (unpaired) electrons. The van der Waals surface area contributed by atoms with Crippen LogP contribution in [0, 0.1) is 12.7 Å². The third kappa shape index (κ3) is 2.50. The van der Waals surface area contributed by atoms with Crippen molar-refractivity contribution in [2.45, 2.75) is 13.5 Å². The Kier molecular flexibility index (Phi) is 2.91. The van der Waals surface area contributed by atoms with Gasteiger partial charge in [-0.1, -0.05) is 6.07 Å². The monoisotopic (exact) mass is 234 g/mol. The molecule has 5 heteroatoms. The number of carbonyl (C=O) groups is 1. The van der Waals surface area contributed by atoms with Crippen LogP contribution >= 0.6 is 0 Å². The molecule has 1 aromatic carbocycles. The largest absolute Gasteiger partial charge is 0.480 e. The van der Waals surface area contributed by atoms with E-state index in [9.17, 15) is 9.18 Å². The second kappa shape index (κ2) is 4.37. The highest BCUT2D eigenvalue weighted by atomic mass is 19.1. The predicted molar refractivity (Wildman–Crippen MR) is 60.0 cm³/mol. The molecule has 0 atom stereocenters. The van der Waals surface area contributed by atoms with Crippen molar-refractivity contribution in [2.75, 3.05) is 0 Å². The Bertz CT molecular complexity index is 563. The Hall–Kier alpha value is -2.17. The number of nitrogens with zero attached hydrogens (tertiary/aromatic N) is 2. The maximum atomic E-state index is 12.9. The van der Waals surface area contributed by atoms with Gasteiger partial charge in [0.1, 0.15) is 12.4 Å². The van der Waals surface area contributed by atoms with E-state index in [1.165, 1.54) is 16.8 Å². The highest BCUT2D eigenvalue weighted by Crippen LogP contribution is 2.23. The van der Waals surface area contributed by atoms with E-state index < -0.39 is 5.97 Å². The van der Waals surface area contributed by atoms with Gasteiger partial charge in [0, 0.05) is 11.8 Å². The molecule has 88 valence electrons. The van der Waals surface area contributed by atoms with Gasteiger partial charge in [-0.3, -0.25) is 9.48 Å². The van der Waals surface area contributed by atoms with Gasteiger partial charge in [-0.15, -0.1) is 0 Å². The molecule has 0 aliphatic carbocycles. The Morgan fingerprint density at radius 1 is 1.53 bits per heavy atom. The number of benzene rings is 1. The molecule has 0 bridgehead atoms. The average molecular weight is 234 g/mol. The molecule has 0 amide bonds. The van der Waals surface area contributed by atoms with Crippen molar-refractivity contribution in [3.8, 4) is 11.1 Å². The Labute approximate surface area is 97.3 Å². The van der Waals surface area contributed by atoms with Crippen LogP contribution in [0.4, 0.5) is 4.39 Å². The minimum atomic E-state index is -0.949. The molecule has 0 aliphatic heterocycles. The molecule has 4 nitrogen and oxygen atoms in total. The molecule has 0 saturated carbocycles. The van der Waals surface area contributed by atoms with E-state index in [-0.39, 0.29) is 12.4 Å². The highest BCUT2D eigenvalue weighted by Gasteiger charge is 2.07. The lowest BCUT2D eigenvalue weighted by Gasteiger charge is -2.02. The maximum absolute atomic E-state index is 12.9. The summed E-state index contributed by atoms with van der Waals surface area (Å²) in [6.07, 6.45) is 3.21. The van der Waals surface area contributed by atoms with Gasteiger partial charge >= 0.3 is 5.97 Å². The topological polar surface area (TPSA) is 55.1 Å². The molecule has 0 aliphatic rings. The fourth-order valence-electron chi connectivity index (χ4n) is 1.68. The molecule has 2 aromatic rings. The van der Waals surface area contributed by atoms with Crippen LogP contribution in [-0.4, -0.2) is 20.9 Å². The van der Waals surface area contributed by atoms with Crippen molar-refractivity contribution >= 4 is 5.97 Å². The van der Waals surface area contributed by atoms with Gasteiger partial charge in [-0.25, -0.2) is 4.39 Å². The van der Waals surface area contributed by atoms with Gasteiger partial charge in [0.25, 0.3) is 0 Å². The Morgan fingerprint density at radius 2 is 2.29 bits per heavy atom. The van der Waals surface area contributed by atoms with Gasteiger partial charge in [0.15, 0.2) is 0 Å². The molecule has 17 heavy (non-hydrogen) atoms. The number of carboxylic acid groups (broad SMARTS) is 1. The van der Waals surface area contributed by atoms with Crippen LogP contribution in [0.5, 0.6) is 0 Å². The lowest BCUT2D eigenvalue weighted by Crippen LogP contribution is -2.08. The van der Waals surface area contributed by atoms with E-state index in [1.807, 2.05) is 0 Å². The lowest BCUT2D eigenvalue weighted by molar-refractivity contribution is -0.137. The second-order valence-electron chi connectivity index (χ2n) is 3.78. The summed E-state index contributed by atoms with van der Waals surface area (Å²) >= 11 is 0. The van der Waals surface area contributed by atoms with Crippen molar-refractivity contribution in [1.29, 1.82) is 0 Å². The summed E-state index contributed by atoms with van der Waals surface area (Å²) in [5, 5.41) is 12.6. The van der Waals surface area contributed by atoms with Crippen LogP contribution < -0.4 is 0 Å². The summed E-state index contributed by atoms with van der Waals surface area (Å²) in [5.41, 5.74) is 2.42. The summed E-state index contributed by atoms with van der Waals surface area (Å²) in [5.74, 6) is -1.24. The number of rotatable bonds is 3. The first-order valence-corrected chi connectivity index (χ1v) is 5.07. The number of aliphatic carboxylic acids is 1. The number of aryl methyl sites for hydroxylation is 1. The smallest absolute Gasteiger partial charge is 0.325 e. The van der Waals surface area contributed by atoms with Crippen molar-refractivity contribution in [3.63, 3.8) is 0 Å². The van der Waals surface area contributed by atoms with Gasteiger partial charge in [0.2, 0.25) is 0 Å². The summed E-state index contributed by atoms with van der Waals surface area (Å²) in [4.78, 5) is 10.5. The number of aromatic nitrogens is 2. The van der Waals surface area contributed by atoms with E-state index in [4.69, 9.17) is 5.11 Å². The van der Waals surface area contributed by atoms with E-state index in [0.717, 1.165) is 16.7 Å². The number of hydrogen-bond acceptors (Lipinski definition) is 2. The quantitative estimate of drug-likeness (QED) is 0.884. The molecule has 1 aromatic heterocycles. The minimum Gasteiger partial charge on any atom is -0.480 e. The van der Waals surface area contributed by atoms with Crippen molar-refractivity contribution < 1.29 is 14.3 Å².